The molecule has 0 N–H and O–H groups in total. The molecule has 2 rings (SSSR count). The minimum absolute atomic E-state index is 0.239. The SMILES string of the molecule is COC1OOC12CCC(C)(C)C[C@H]2CCC(C)=O. The van der Waals surface area contributed by atoms with E-state index in [-0.39, 0.29) is 17.7 Å². The van der Waals surface area contributed by atoms with Gasteiger partial charge in [-0.1, -0.05) is 13.8 Å². The van der Waals surface area contributed by atoms with Gasteiger partial charge >= 0.3 is 0 Å². The van der Waals surface area contributed by atoms with Crippen LogP contribution in [0.4, 0.5) is 0 Å². The van der Waals surface area contributed by atoms with Crippen LogP contribution in [0.3, 0.4) is 0 Å². The predicted molar refractivity (Wildman–Crippen MR) is 66.7 cm³/mol. The number of ether oxygens (including phenoxy) is 1. The molecule has 0 radical (unpaired) electrons. The van der Waals surface area contributed by atoms with E-state index in [2.05, 4.69) is 13.8 Å². The van der Waals surface area contributed by atoms with Crippen molar-refractivity contribution in [3.05, 3.63) is 0 Å². The number of carbonyl (C=O) groups excluding carboxylic acids is 1. The molecule has 0 bridgehead atoms. The van der Waals surface area contributed by atoms with Gasteiger partial charge in [0.1, 0.15) is 5.78 Å². The lowest BCUT2D eigenvalue weighted by Gasteiger charge is -2.55. The van der Waals surface area contributed by atoms with E-state index in [0.717, 1.165) is 25.7 Å². The van der Waals surface area contributed by atoms with Crippen molar-refractivity contribution >= 4 is 5.78 Å². The quantitative estimate of drug-likeness (QED) is 0.725. The molecule has 1 aliphatic carbocycles. The number of Topliss-reactive ketones (excluding diaryl/α,β-unsaturated/α-hetero) is 1. The Hall–Kier alpha value is -0.450. The Bertz CT molecular complexity index is 324. The molecule has 0 aromatic heterocycles. The number of methoxy groups -OCH3 is 1. The Labute approximate surface area is 109 Å². The number of ketones is 1. The van der Waals surface area contributed by atoms with E-state index >= 15 is 0 Å². The highest BCUT2D eigenvalue weighted by molar-refractivity contribution is 5.75. The lowest BCUT2D eigenvalue weighted by molar-refractivity contribution is -0.573. The molecule has 0 aromatic carbocycles. The van der Waals surface area contributed by atoms with Gasteiger partial charge in [0.15, 0.2) is 5.60 Å². The lowest BCUT2D eigenvalue weighted by Crippen LogP contribution is -2.64. The van der Waals surface area contributed by atoms with Gasteiger partial charge in [0.25, 0.3) is 0 Å². The minimum Gasteiger partial charge on any atom is -0.351 e. The third-order valence-corrected chi connectivity index (χ3v) is 4.43. The first-order valence-electron chi connectivity index (χ1n) is 6.76. The van der Waals surface area contributed by atoms with E-state index in [0.29, 0.717) is 17.8 Å². The van der Waals surface area contributed by atoms with Crippen LogP contribution >= 0.6 is 0 Å². The van der Waals surface area contributed by atoms with Crippen molar-refractivity contribution < 1.29 is 19.3 Å². The van der Waals surface area contributed by atoms with Crippen molar-refractivity contribution in [2.24, 2.45) is 11.3 Å². The molecule has 0 amide bonds. The van der Waals surface area contributed by atoms with Gasteiger partial charge in [-0.2, -0.15) is 0 Å². The summed E-state index contributed by atoms with van der Waals surface area (Å²) in [5.74, 6) is 0.576. The maximum Gasteiger partial charge on any atom is 0.223 e. The molecule has 18 heavy (non-hydrogen) atoms. The average Bonchev–Trinajstić information content (AvgIpc) is 2.24. The first kappa shape index (κ1) is 14.0. The summed E-state index contributed by atoms with van der Waals surface area (Å²) in [6.45, 7) is 6.20. The normalized spacial score (nSPS) is 38.4. The zero-order valence-corrected chi connectivity index (χ0v) is 11.8. The van der Waals surface area contributed by atoms with E-state index < -0.39 is 0 Å². The summed E-state index contributed by atoms with van der Waals surface area (Å²) in [6, 6.07) is 0. The number of rotatable bonds is 4. The van der Waals surface area contributed by atoms with Gasteiger partial charge in [-0.3, -0.25) is 0 Å². The predicted octanol–water partition coefficient (Wildman–Crippen LogP) is 2.86. The maximum absolute atomic E-state index is 11.2. The molecule has 0 aromatic rings. The van der Waals surface area contributed by atoms with E-state index in [1.54, 1.807) is 14.0 Å². The van der Waals surface area contributed by atoms with Gasteiger partial charge in [0.05, 0.1) is 0 Å². The van der Waals surface area contributed by atoms with Crippen molar-refractivity contribution in [3.63, 3.8) is 0 Å². The molecule has 1 heterocycles. The first-order valence-corrected chi connectivity index (χ1v) is 6.76. The second-order valence-electron chi connectivity index (χ2n) is 6.51. The maximum atomic E-state index is 11.2. The van der Waals surface area contributed by atoms with Gasteiger partial charge in [-0.05, 0) is 43.9 Å². The first-order chi connectivity index (χ1) is 8.39. The van der Waals surface area contributed by atoms with Crippen molar-refractivity contribution in [2.75, 3.05) is 7.11 Å². The summed E-state index contributed by atoms with van der Waals surface area (Å²) in [5, 5.41) is 0. The molecule has 2 unspecified atom stereocenters. The Morgan fingerprint density at radius 3 is 2.61 bits per heavy atom. The van der Waals surface area contributed by atoms with Crippen LogP contribution < -0.4 is 0 Å². The van der Waals surface area contributed by atoms with Gasteiger partial charge in [-0.15, -0.1) is 0 Å². The highest BCUT2D eigenvalue weighted by atomic mass is 17.3. The topological polar surface area (TPSA) is 44.8 Å². The summed E-state index contributed by atoms with van der Waals surface area (Å²) < 4.78 is 5.35. The summed E-state index contributed by atoms with van der Waals surface area (Å²) >= 11 is 0. The molecular weight excluding hydrogens is 232 g/mol. The monoisotopic (exact) mass is 256 g/mol. The fourth-order valence-corrected chi connectivity index (χ4v) is 3.27. The second kappa shape index (κ2) is 4.91. The van der Waals surface area contributed by atoms with Crippen LogP contribution in [-0.4, -0.2) is 24.8 Å². The molecular formula is C14H24O4. The Kier molecular flexibility index (Phi) is 3.81. The fourth-order valence-electron chi connectivity index (χ4n) is 3.27. The van der Waals surface area contributed by atoms with Crippen LogP contribution in [0.5, 0.6) is 0 Å². The standard InChI is InChI=1S/C14H24O4/c1-10(15)5-6-11-9-13(2,3)7-8-14(11)12(16-4)17-18-14/h11-12H,5-9H2,1-4H3/t11-,12?,14?/m1/s1. The van der Waals surface area contributed by atoms with Crippen molar-refractivity contribution in [1.82, 2.24) is 0 Å². The van der Waals surface area contributed by atoms with Crippen LogP contribution in [0.1, 0.15) is 52.9 Å². The van der Waals surface area contributed by atoms with Crippen LogP contribution in [-0.2, 0) is 19.3 Å². The molecule has 2 fully saturated rings. The highest BCUT2D eigenvalue weighted by Gasteiger charge is 2.60. The zero-order valence-electron chi connectivity index (χ0n) is 11.8. The van der Waals surface area contributed by atoms with E-state index in [1.807, 2.05) is 0 Å². The van der Waals surface area contributed by atoms with Crippen LogP contribution in [0.25, 0.3) is 0 Å². The summed E-state index contributed by atoms with van der Waals surface area (Å²) in [4.78, 5) is 21.7. The average molecular weight is 256 g/mol. The molecule has 1 saturated heterocycles. The van der Waals surface area contributed by atoms with E-state index in [9.17, 15) is 4.79 Å². The third kappa shape index (κ3) is 2.46. The summed E-state index contributed by atoms with van der Waals surface area (Å²) in [5.41, 5.74) is -0.0103. The van der Waals surface area contributed by atoms with Gasteiger partial charge in [0.2, 0.25) is 6.29 Å². The second-order valence-corrected chi connectivity index (χ2v) is 6.51. The molecule has 1 spiro atoms. The summed E-state index contributed by atoms with van der Waals surface area (Å²) in [7, 11) is 1.65. The van der Waals surface area contributed by atoms with Crippen molar-refractivity contribution in [3.8, 4) is 0 Å². The highest BCUT2D eigenvalue weighted by Crippen LogP contribution is 2.53. The van der Waals surface area contributed by atoms with Crippen LogP contribution in [0.15, 0.2) is 0 Å². The molecule has 3 atom stereocenters. The molecule has 4 nitrogen and oxygen atoms in total. The number of carbonyl (C=O) groups is 1. The van der Waals surface area contributed by atoms with E-state index in [1.165, 1.54) is 0 Å². The number of hydrogen-bond donors (Lipinski definition) is 0. The molecule has 2 aliphatic rings. The smallest absolute Gasteiger partial charge is 0.223 e. The molecule has 1 aliphatic heterocycles. The van der Waals surface area contributed by atoms with Crippen LogP contribution in [0.2, 0.25) is 0 Å². The van der Waals surface area contributed by atoms with Gasteiger partial charge < -0.3 is 9.53 Å². The third-order valence-electron chi connectivity index (χ3n) is 4.43. The Morgan fingerprint density at radius 1 is 1.39 bits per heavy atom. The molecule has 1 saturated carbocycles. The largest absolute Gasteiger partial charge is 0.351 e. The van der Waals surface area contributed by atoms with Gasteiger partial charge in [0, 0.05) is 13.5 Å². The minimum atomic E-state index is -0.320. The van der Waals surface area contributed by atoms with Gasteiger partial charge in [-0.25, -0.2) is 9.78 Å². The fraction of sp³-hybridized carbons (Fsp3) is 0.929. The lowest BCUT2D eigenvalue weighted by atomic mass is 9.62. The molecule has 104 valence electrons. The Balaban J connectivity index is 2.09. The zero-order chi connectivity index (χ0) is 13.4. The van der Waals surface area contributed by atoms with Crippen molar-refractivity contribution in [2.45, 2.75) is 64.8 Å². The summed E-state index contributed by atoms with van der Waals surface area (Å²) in [6.07, 6.45) is 4.31. The molecule has 4 heteroatoms. The van der Waals surface area contributed by atoms with Crippen LogP contribution in [0, 0.1) is 11.3 Å². The van der Waals surface area contributed by atoms with Crippen molar-refractivity contribution in [1.29, 1.82) is 0 Å². The number of hydrogen-bond acceptors (Lipinski definition) is 4. The van der Waals surface area contributed by atoms with E-state index in [4.69, 9.17) is 14.5 Å². The Morgan fingerprint density at radius 2 is 2.11 bits per heavy atom.